The molecule has 106 valence electrons. The predicted octanol–water partition coefficient (Wildman–Crippen LogP) is 4.22. The van der Waals surface area contributed by atoms with Crippen LogP contribution in [0.25, 0.3) is 0 Å². The second kappa shape index (κ2) is 5.63. The number of hydrogen-bond donors (Lipinski definition) is 1. The molecule has 3 nitrogen and oxygen atoms in total. The standard InChI is InChI=1S/C17H21NO2/c1-12(19)13-8-7-11-18-16(13)20-15-10-6-5-9-14(15)17(2,3)4/h5-12,19H,1-4H3. The molecular weight excluding hydrogens is 250 g/mol. The maximum absolute atomic E-state index is 9.79. The molecule has 0 amide bonds. The van der Waals surface area contributed by atoms with Crippen LogP contribution in [0.1, 0.15) is 44.9 Å². The molecule has 0 spiro atoms. The average Bonchev–Trinajstić information content (AvgIpc) is 2.38. The fraction of sp³-hybridized carbons (Fsp3) is 0.353. The van der Waals surface area contributed by atoms with Crippen molar-refractivity contribution < 1.29 is 9.84 Å². The van der Waals surface area contributed by atoms with E-state index in [1.807, 2.05) is 24.3 Å². The molecule has 0 saturated carbocycles. The van der Waals surface area contributed by atoms with Gasteiger partial charge in [-0.2, -0.15) is 0 Å². The Hall–Kier alpha value is -1.87. The van der Waals surface area contributed by atoms with Crippen molar-refractivity contribution in [1.29, 1.82) is 0 Å². The largest absolute Gasteiger partial charge is 0.438 e. The van der Waals surface area contributed by atoms with Crippen LogP contribution in [0.4, 0.5) is 0 Å². The number of aliphatic hydroxyl groups excluding tert-OH is 1. The first kappa shape index (κ1) is 14.5. The molecule has 0 saturated heterocycles. The lowest BCUT2D eigenvalue weighted by Crippen LogP contribution is -2.12. The smallest absolute Gasteiger partial charge is 0.225 e. The average molecular weight is 271 g/mol. The van der Waals surface area contributed by atoms with Gasteiger partial charge in [0, 0.05) is 17.3 Å². The number of benzene rings is 1. The Morgan fingerprint density at radius 3 is 2.45 bits per heavy atom. The number of rotatable bonds is 3. The highest BCUT2D eigenvalue weighted by molar-refractivity contribution is 5.42. The van der Waals surface area contributed by atoms with Crippen LogP contribution < -0.4 is 4.74 Å². The summed E-state index contributed by atoms with van der Waals surface area (Å²) >= 11 is 0. The predicted molar refractivity (Wildman–Crippen MR) is 80.1 cm³/mol. The van der Waals surface area contributed by atoms with Crippen molar-refractivity contribution in [1.82, 2.24) is 4.98 Å². The lowest BCUT2D eigenvalue weighted by atomic mass is 9.86. The lowest BCUT2D eigenvalue weighted by molar-refractivity contribution is 0.194. The minimum Gasteiger partial charge on any atom is -0.438 e. The summed E-state index contributed by atoms with van der Waals surface area (Å²) in [5.41, 5.74) is 1.79. The highest BCUT2D eigenvalue weighted by atomic mass is 16.5. The highest BCUT2D eigenvalue weighted by Gasteiger charge is 2.20. The summed E-state index contributed by atoms with van der Waals surface area (Å²) in [6, 6.07) is 11.6. The molecular formula is C17H21NO2. The zero-order chi connectivity index (χ0) is 14.8. The van der Waals surface area contributed by atoms with Gasteiger partial charge < -0.3 is 9.84 Å². The zero-order valence-corrected chi connectivity index (χ0v) is 12.4. The summed E-state index contributed by atoms with van der Waals surface area (Å²) in [5.74, 6) is 1.24. The van der Waals surface area contributed by atoms with Gasteiger partial charge in [0.25, 0.3) is 0 Å². The van der Waals surface area contributed by atoms with Gasteiger partial charge in [-0.25, -0.2) is 4.98 Å². The van der Waals surface area contributed by atoms with E-state index in [1.165, 1.54) is 0 Å². The Morgan fingerprint density at radius 2 is 1.80 bits per heavy atom. The van der Waals surface area contributed by atoms with Crippen molar-refractivity contribution in [3.63, 3.8) is 0 Å². The monoisotopic (exact) mass is 271 g/mol. The first-order valence-electron chi connectivity index (χ1n) is 6.80. The molecule has 0 bridgehead atoms. The normalized spacial score (nSPS) is 13.1. The van der Waals surface area contributed by atoms with Gasteiger partial charge in [-0.1, -0.05) is 39.0 Å². The molecule has 0 aliphatic rings. The molecule has 20 heavy (non-hydrogen) atoms. The minimum atomic E-state index is -0.611. The molecule has 2 aromatic rings. The molecule has 1 aromatic heterocycles. The van der Waals surface area contributed by atoms with Crippen LogP contribution >= 0.6 is 0 Å². The van der Waals surface area contributed by atoms with Crippen LogP contribution in [0.5, 0.6) is 11.6 Å². The van der Waals surface area contributed by atoms with Gasteiger partial charge in [-0.15, -0.1) is 0 Å². The van der Waals surface area contributed by atoms with E-state index in [0.29, 0.717) is 11.4 Å². The van der Waals surface area contributed by atoms with Gasteiger partial charge >= 0.3 is 0 Å². The Balaban J connectivity index is 2.41. The maximum Gasteiger partial charge on any atom is 0.225 e. The molecule has 1 aromatic carbocycles. The number of hydrogen-bond acceptors (Lipinski definition) is 3. The Kier molecular flexibility index (Phi) is 4.09. The van der Waals surface area contributed by atoms with Crippen molar-refractivity contribution in [3.8, 4) is 11.6 Å². The Labute approximate surface area is 120 Å². The van der Waals surface area contributed by atoms with E-state index in [2.05, 4.69) is 31.8 Å². The van der Waals surface area contributed by atoms with E-state index in [1.54, 1.807) is 19.2 Å². The SMILES string of the molecule is CC(O)c1cccnc1Oc1ccccc1C(C)(C)C. The van der Waals surface area contributed by atoms with Gasteiger partial charge in [-0.05, 0) is 30.5 Å². The quantitative estimate of drug-likeness (QED) is 0.908. The van der Waals surface area contributed by atoms with Crippen molar-refractivity contribution in [3.05, 3.63) is 53.7 Å². The van der Waals surface area contributed by atoms with Gasteiger partial charge in [0.05, 0.1) is 6.10 Å². The third kappa shape index (κ3) is 3.17. The number of pyridine rings is 1. The molecule has 0 aliphatic heterocycles. The number of aromatic nitrogens is 1. The van der Waals surface area contributed by atoms with E-state index >= 15 is 0 Å². The van der Waals surface area contributed by atoms with Crippen LogP contribution in [0.3, 0.4) is 0 Å². The summed E-state index contributed by atoms with van der Waals surface area (Å²) in [6.07, 6.45) is 1.06. The lowest BCUT2D eigenvalue weighted by Gasteiger charge is -2.23. The number of para-hydroxylation sites is 1. The molecule has 3 heteroatoms. The molecule has 2 rings (SSSR count). The van der Waals surface area contributed by atoms with E-state index in [4.69, 9.17) is 4.74 Å². The van der Waals surface area contributed by atoms with Crippen molar-refractivity contribution in [2.24, 2.45) is 0 Å². The Bertz CT molecular complexity index is 586. The fourth-order valence-corrected chi connectivity index (χ4v) is 2.09. The number of ether oxygens (including phenoxy) is 1. The molecule has 1 N–H and O–H groups in total. The molecule has 1 atom stereocenters. The van der Waals surface area contributed by atoms with E-state index < -0.39 is 6.10 Å². The third-order valence-electron chi connectivity index (χ3n) is 3.15. The molecule has 0 radical (unpaired) electrons. The van der Waals surface area contributed by atoms with Crippen LogP contribution in [0.15, 0.2) is 42.6 Å². The fourth-order valence-electron chi connectivity index (χ4n) is 2.09. The van der Waals surface area contributed by atoms with Gasteiger partial charge in [0.1, 0.15) is 5.75 Å². The van der Waals surface area contributed by atoms with Crippen LogP contribution in [-0.4, -0.2) is 10.1 Å². The summed E-state index contributed by atoms with van der Waals surface area (Å²) < 4.78 is 5.96. The minimum absolute atomic E-state index is 0.0175. The highest BCUT2D eigenvalue weighted by Crippen LogP contribution is 2.35. The molecule has 1 heterocycles. The van der Waals surface area contributed by atoms with Crippen molar-refractivity contribution in [2.45, 2.75) is 39.2 Å². The summed E-state index contributed by atoms with van der Waals surface area (Å²) in [5, 5.41) is 9.79. The Morgan fingerprint density at radius 1 is 1.10 bits per heavy atom. The van der Waals surface area contributed by atoms with Crippen molar-refractivity contribution in [2.75, 3.05) is 0 Å². The van der Waals surface area contributed by atoms with Crippen LogP contribution in [0.2, 0.25) is 0 Å². The van der Waals surface area contributed by atoms with Crippen LogP contribution in [-0.2, 0) is 5.41 Å². The van der Waals surface area contributed by atoms with Crippen LogP contribution in [0, 0.1) is 0 Å². The van der Waals surface area contributed by atoms with Gasteiger partial charge in [0.2, 0.25) is 5.88 Å². The first-order valence-corrected chi connectivity index (χ1v) is 6.80. The summed E-state index contributed by atoms with van der Waals surface area (Å²) in [7, 11) is 0. The second-order valence-corrected chi connectivity index (χ2v) is 5.92. The topological polar surface area (TPSA) is 42.4 Å². The van der Waals surface area contributed by atoms with Gasteiger partial charge in [-0.3, -0.25) is 0 Å². The third-order valence-corrected chi connectivity index (χ3v) is 3.15. The number of aliphatic hydroxyl groups is 1. The van der Waals surface area contributed by atoms with E-state index in [-0.39, 0.29) is 5.41 Å². The first-order chi connectivity index (χ1) is 9.39. The van der Waals surface area contributed by atoms with E-state index in [9.17, 15) is 5.11 Å². The molecule has 0 aliphatic carbocycles. The van der Waals surface area contributed by atoms with E-state index in [0.717, 1.165) is 11.3 Å². The summed E-state index contributed by atoms with van der Waals surface area (Å²) in [6.45, 7) is 8.13. The molecule has 0 fully saturated rings. The maximum atomic E-state index is 9.79. The van der Waals surface area contributed by atoms with Crippen molar-refractivity contribution >= 4 is 0 Å². The zero-order valence-electron chi connectivity index (χ0n) is 12.4. The second-order valence-electron chi connectivity index (χ2n) is 5.92. The number of nitrogens with zero attached hydrogens (tertiary/aromatic N) is 1. The summed E-state index contributed by atoms with van der Waals surface area (Å²) in [4.78, 5) is 4.24. The van der Waals surface area contributed by atoms with Gasteiger partial charge in [0.15, 0.2) is 0 Å². The molecule has 1 unspecified atom stereocenters.